The van der Waals surface area contributed by atoms with E-state index in [1.807, 2.05) is 48.0 Å². The number of rotatable bonds is 10. The second-order valence-electron chi connectivity index (χ2n) is 8.04. The van der Waals surface area contributed by atoms with Gasteiger partial charge in [-0.15, -0.1) is 0 Å². The fourth-order valence-corrected chi connectivity index (χ4v) is 4.46. The van der Waals surface area contributed by atoms with E-state index >= 15 is 0 Å². The molecule has 10 heteroatoms. The molecule has 0 amide bonds. The summed E-state index contributed by atoms with van der Waals surface area (Å²) in [5.74, 6) is 0. The number of ether oxygens (including phenoxy) is 4. The summed E-state index contributed by atoms with van der Waals surface area (Å²) in [4.78, 5) is 0. The first-order chi connectivity index (χ1) is 12.6. The summed E-state index contributed by atoms with van der Waals surface area (Å²) in [6.07, 6.45) is 1.87. The van der Waals surface area contributed by atoms with Crippen molar-refractivity contribution in [2.75, 3.05) is 19.9 Å². The number of hydrogen-bond donors (Lipinski definition) is 0. The zero-order valence-electron chi connectivity index (χ0n) is 18.4. The molecular weight excluding hydrogens is 739 g/mol. The van der Waals surface area contributed by atoms with Crippen molar-refractivity contribution in [2.45, 2.75) is 96.8 Å². The summed E-state index contributed by atoms with van der Waals surface area (Å²) >= 11 is 0. The van der Waals surface area contributed by atoms with Crippen molar-refractivity contribution in [2.24, 2.45) is 0 Å². The first kappa shape index (κ1) is 30.4. The first-order valence-electron chi connectivity index (χ1n) is 9.89. The minimum Gasteiger partial charge on any atom is -0.405 e. The molecule has 0 saturated carbocycles. The molecule has 0 aromatic rings. The summed E-state index contributed by atoms with van der Waals surface area (Å²) in [6.45, 7) is 13.9. The van der Waals surface area contributed by atoms with Crippen LogP contribution >= 0.6 is 7.60 Å². The zero-order chi connectivity index (χ0) is 20.2. The first-order valence-corrected chi connectivity index (χ1v) is 11.9. The Kier molecular flexibility index (Phi) is 14.5. The maximum Gasteiger partial charge on any atom is 0.325 e. The van der Waals surface area contributed by atoms with E-state index in [9.17, 15) is 4.57 Å². The van der Waals surface area contributed by atoms with Gasteiger partial charge in [-0.2, -0.15) is 0 Å². The van der Waals surface area contributed by atoms with E-state index in [0.717, 1.165) is 6.42 Å². The average molecular weight is 775 g/mol. The van der Waals surface area contributed by atoms with Crippen molar-refractivity contribution in [3.05, 3.63) is 6.42 Å². The van der Waals surface area contributed by atoms with Gasteiger partial charge in [-0.25, -0.2) is 0 Å². The third-order valence-electron chi connectivity index (χ3n) is 4.43. The summed E-state index contributed by atoms with van der Waals surface area (Å²) in [7, 11) is -3.29. The van der Waals surface area contributed by atoms with Crippen molar-refractivity contribution in [3.63, 3.8) is 0 Å². The van der Waals surface area contributed by atoms with Crippen LogP contribution in [0.1, 0.15) is 48.0 Å². The topological polar surface area (TPSA) is 72.5 Å². The minimum absolute atomic E-state index is 0. The largest absolute Gasteiger partial charge is 0.405 e. The second-order valence-corrected chi connectivity index (χ2v) is 10.0. The molecule has 2 fully saturated rings. The van der Waals surface area contributed by atoms with Gasteiger partial charge in [0, 0.05) is 55.2 Å². The van der Waals surface area contributed by atoms with Crippen LogP contribution in [0.4, 0.5) is 0 Å². The van der Waals surface area contributed by atoms with E-state index in [-0.39, 0.29) is 91.5 Å². The van der Waals surface area contributed by atoms with Gasteiger partial charge in [-0.1, -0.05) is 13.0 Å². The summed E-state index contributed by atoms with van der Waals surface area (Å²) in [6, 6.07) is 0. The molecule has 29 heavy (non-hydrogen) atoms. The van der Waals surface area contributed by atoms with Crippen LogP contribution < -0.4 is 0 Å². The molecule has 0 radical (unpaired) electrons. The minimum atomic E-state index is -3.29. The Bertz CT molecular complexity index is 509. The Morgan fingerprint density at radius 3 is 2.28 bits per heavy atom. The monoisotopic (exact) mass is 775 g/mol. The molecule has 0 bridgehead atoms. The van der Waals surface area contributed by atoms with Crippen LogP contribution in [-0.4, -0.2) is 68.7 Å². The Balaban J connectivity index is 0.00000392. The van der Waals surface area contributed by atoms with Gasteiger partial charge in [0.15, 0.2) is 0 Å². The fourth-order valence-electron chi connectivity index (χ4n) is 3.33. The van der Waals surface area contributed by atoms with E-state index < -0.39 is 13.7 Å². The van der Waals surface area contributed by atoms with Gasteiger partial charge >= 0.3 is 7.60 Å². The molecule has 2 unspecified atom stereocenters. The normalized spacial score (nSPS) is 34.1. The zero-order valence-corrected chi connectivity index (χ0v) is 25.2. The molecule has 2 heterocycles. The predicted octanol–water partition coefficient (Wildman–Crippen LogP) is 3.59. The van der Waals surface area contributed by atoms with E-state index in [1.165, 1.54) is 6.66 Å². The van der Waals surface area contributed by atoms with Crippen LogP contribution in [0.15, 0.2) is 0 Å². The molecule has 0 aliphatic carbocycles. The molecule has 0 aromatic heterocycles. The molecule has 2 saturated heterocycles. The van der Waals surface area contributed by atoms with E-state index in [1.54, 1.807) is 0 Å². The van der Waals surface area contributed by atoms with Crippen LogP contribution in [-0.2, 0) is 74.7 Å². The summed E-state index contributed by atoms with van der Waals surface area (Å²) < 4.78 is 47.5. The standard InChI is InChI=1S/C19H36O7P.2W/c1-12(2)21-10-18-17(9-15(6)24-18)26-27(7,20)22-11-19-16(23-13(3)4)8-14(5)25-19;;/h9,12-19H,8,10-11H2,1-7H3;;/q-1;;/t14-,15-,16?,17+,18+,19+,27?;;/m0../s1. The fraction of sp³-hybridized carbons (Fsp3) is 0.947. The molecular formula is C19H36O7PW2-. The Hall–Kier alpha value is 1.37. The van der Waals surface area contributed by atoms with Crippen LogP contribution in [0.25, 0.3) is 0 Å². The molecule has 0 N–H and O–H groups in total. The molecule has 2 aliphatic rings. The molecule has 0 spiro atoms. The van der Waals surface area contributed by atoms with Crippen molar-refractivity contribution in [1.29, 1.82) is 0 Å². The molecule has 2 rings (SSSR count). The SMILES string of the molecule is CC(C)OC[C@H]1O[C@@H](C)[CH-][C@H]1OP(C)(=O)OC[C@H]1O[C@@H](C)CC1OC(C)C.[W].[W]. The van der Waals surface area contributed by atoms with Gasteiger partial charge < -0.3 is 28.0 Å². The number of hydrogen-bond acceptors (Lipinski definition) is 7. The maximum atomic E-state index is 12.9. The smallest absolute Gasteiger partial charge is 0.325 e. The van der Waals surface area contributed by atoms with E-state index in [0.29, 0.717) is 6.61 Å². The molecule has 7 nitrogen and oxygen atoms in total. The third-order valence-corrected chi connectivity index (χ3v) is 5.67. The van der Waals surface area contributed by atoms with Gasteiger partial charge in [-0.05, 0) is 40.7 Å². The average Bonchev–Trinajstić information content (AvgIpc) is 3.04. The van der Waals surface area contributed by atoms with Crippen molar-refractivity contribution >= 4 is 7.60 Å². The van der Waals surface area contributed by atoms with Crippen LogP contribution in [0.3, 0.4) is 0 Å². The van der Waals surface area contributed by atoms with Crippen molar-refractivity contribution in [3.8, 4) is 0 Å². The van der Waals surface area contributed by atoms with E-state index in [2.05, 4.69) is 0 Å². The van der Waals surface area contributed by atoms with Gasteiger partial charge in [0.25, 0.3) is 0 Å². The molecule has 2 aliphatic heterocycles. The van der Waals surface area contributed by atoms with Gasteiger partial charge in [-0.3, -0.25) is 11.0 Å². The summed E-state index contributed by atoms with van der Waals surface area (Å²) in [5, 5.41) is 0. The Morgan fingerprint density at radius 2 is 1.69 bits per heavy atom. The predicted molar refractivity (Wildman–Crippen MR) is 103 cm³/mol. The van der Waals surface area contributed by atoms with Crippen LogP contribution in [0.5, 0.6) is 0 Å². The Morgan fingerprint density at radius 1 is 1.03 bits per heavy atom. The third kappa shape index (κ3) is 10.7. The van der Waals surface area contributed by atoms with Gasteiger partial charge in [0.1, 0.15) is 6.10 Å². The van der Waals surface area contributed by atoms with Gasteiger partial charge in [0.2, 0.25) is 0 Å². The van der Waals surface area contributed by atoms with Crippen molar-refractivity contribution in [1.82, 2.24) is 0 Å². The Labute approximate surface area is 204 Å². The van der Waals surface area contributed by atoms with Crippen molar-refractivity contribution < 1.29 is 74.7 Å². The van der Waals surface area contributed by atoms with E-state index in [4.69, 9.17) is 28.0 Å². The van der Waals surface area contributed by atoms with Crippen LogP contribution in [0.2, 0.25) is 0 Å². The maximum absolute atomic E-state index is 12.9. The quantitative estimate of drug-likeness (QED) is 0.249. The second kappa shape index (κ2) is 13.8. The molecule has 0 aromatic carbocycles. The summed E-state index contributed by atoms with van der Waals surface area (Å²) in [5.41, 5.74) is 0. The van der Waals surface area contributed by atoms with Gasteiger partial charge in [0.05, 0.1) is 43.7 Å². The molecule has 172 valence electrons. The molecule has 7 atom stereocenters. The van der Waals surface area contributed by atoms with Crippen LogP contribution in [0, 0.1) is 6.42 Å².